The molecule has 2 aromatic rings. The molecular formula is C22H28N4O4S. The Bertz CT molecular complexity index is 879. The van der Waals surface area contributed by atoms with Gasteiger partial charge in [-0.2, -0.15) is 0 Å². The Morgan fingerprint density at radius 2 is 1.94 bits per heavy atom. The van der Waals surface area contributed by atoms with Gasteiger partial charge >= 0.3 is 5.97 Å². The van der Waals surface area contributed by atoms with E-state index in [1.165, 1.54) is 0 Å². The molecule has 0 saturated carbocycles. The smallest absolute Gasteiger partial charge is 0.305 e. The molecule has 3 rings (SSSR count). The Balaban J connectivity index is 1.50. The number of amides is 2. The lowest BCUT2D eigenvalue weighted by atomic mass is 10.2. The predicted molar refractivity (Wildman–Crippen MR) is 119 cm³/mol. The molecule has 1 N–H and O–H groups in total. The highest BCUT2D eigenvalue weighted by Crippen LogP contribution is 2.20. The summed E-state index contributed by atoms with van der Waals surface area (Å²) in [4.78, 5) is 45.9. The Labute approximate surface area is 186 Å². The molecule has 1 aliphatic heterocycles. The van der Waals surface area contributed by atoms with E-state index in [0.717, 1.165) is 4.88 Å². The molecule has 0 radical (unpaired) electrons. The molecule has 0 spiro atoms. The second-order valence-corrected chi connectivity index (χ2v) is 8.20. The van der Waals surface area contributed by atoms with E-state index in [4.69, 9.17) is 4.74 Å². The number of hydrogen-bond donors (Lipinski definition) is 1. The van der Waals surface area contributed by atoms with Crippen LogP contribution in [-0.4, -0.2) is 60.5 Å². The monoisotopic (exact) mass is 444 g/mol. The van der Waals surface area contributed by atoms with Crippen LogP contribution >= 0.6 is 11.3 Å². The number of nitrogens with one attached hydrogen (secondary N) is 1. The van der Waals surface area contributed by atoms with Gasteiger partial charge in [-0.15, -0.1) is 11.3 Å². The molecule has 1 fully saturated rings. The Morgan fingerprint density at radius 1 is 1.13 bits per heavy atom. The van der Waals surface area contributed by atoms with Crippen molar-refractivity contribution in [2.45, 2.75) is 32.7 Å². The van der Waals surface area contributed by atoms with E-state index in [9.17, 15) is 14.4 Å². The van der Waals surface area contributed by atoms with Crippen LogP contribution in [0.25, 0.3) is 0 Å². The summed E-state index contributed by atoms with van der Waals surface area (Å²) in [6.07, 6.45) is 2.77. The Morgan fingerprint density at radius 3 is 2.65 bits per heavy atom. The Hall–Kier alpha value is -2.94. The summed E-state index contributed by atoms with van der Waals surface area (Å²) in [7, 11) is 0. The van der Waals surface area contributed by atoms with Gasteiger partial charge in [0.25, 0.3) is 5.91 Å². The Kier molecular flexibility index (Phi) is 8.40. The minimum absolute atomic E-state index is 0.0406. The van der Waals surface area contributed by atoms with E-state index in [-0.39, 0.29) is 24.2 Å². The van der Waals surface area contributed by atoms with E-state index in [1.54, 1.807) is 41.5 Å². The average Bonchev–Trinajstić information content (AvgIpc) is 3.31. The van der Waals surface area contributed by atoms with Crippen LogP contribution in [0.1, 0.15) is 41.4 Å². The highest BCUT2D eigenvalue weighted by Gasteiger charge is 2.24. The normalized spacial score (nSPS) is 13.7. The van der Waals surface area contributed by atoms with E-state index < -0.39 is 0 Å². The van der Waals surface area contributed by atoms with Crippen LogP contribution in [0.4, 0.5) is 5.82 Å². The molecule has 0 aromatic carbocycles. The summed E-state index contributed by atoms with van der Waals surface area (Å²) < 4.78 is 4.89. The molecule has 1 saturated heterocycles. The number of anilines is 1. The number of pyridine rings is 1. The molecule has 0 unspecified atom stereocenters. The van der Waals surface area contributed by atoms with Gasteiger partial charge < -0.3 is 19.9 Å². The topological polar surface area (TPSA) is 91.8 Å². The second kappa shape index (κ2) is 11.5. The third-order valence-corrected chi connectivity index (χ3v) is 5.92. The zero-order valence-electron chi connectivity index (χ0n) is 17.7. The number of aromatic nitrogens is 1. The van der Waals surface area contributed by atoms with Gasteiger partial charge in [0.15, 0.2) is 0 Å². The second-order valence-electron chi connectivity index (χ2n) is 7.16. The highest BCUT2D eigenvalue weighted by molar-refractivity contribution is 7.09. The van der Waals surface area contributed by atoms with Crippen molar-refractivity contribution in [1.29, 1.82) is 0 Å². The van der Waals surface area contributed by atoms with Crippen LogP contribution in [-0.2, 0) is 20.9 Å². The lowest BCUT2D eigenvalue weighted by Crippen LogP contribution is -2.49. The largest absolute Gasteiger partial charge is 0.466 e. The molecule has 0 aliphatic carbocycles. The van der Waals surface area contributed by atoms with Crippen LogP contribution in [0.15, 0.2) is 35.8 Å². The third kappa shape index (κ3) is 6.52. The van der Waals surface area contributed by atoms with Crippen molar-refractivity contribution in [3.63, 3.8) is 0 Å². The molecule has 166 valence electrons. The maximum Gasteiger partial charge on any atom is 0.305 e. The minimum atomic E-state index is -0.264. The number of hydrogen-bond acceptors (Lipinski definition) is 7. The average molecular weight is 445 g/mol. The summed E-state index contributed by atoms with van der Waals surface area (Å²) in [5.41, 5.74) is 0.535. The molecule has 0 bridgehead atoms. The van der Waals surface area contributed by atoms with Crippen molar-refractivity contribution in [3.05, 3.63) is 46.3 Å². The van der Waals surface area contributed by atoms with Gasteiger partial charge in [-0.05, 0) is 36.9 Å². The third-order valence-electron chi connectivity index (χ3n) is 5.04. The van der Waals surface area contributed by atoms with Crippen LogP contribution in [0.5, 0.6) is 0 Å². The fraction of sp³-hybridized carbons (Fsp3) is 0.455. The number of carbonyl (C=O) groups is 3. The molecule has 8 nitrogen and oxygen atoms in total. The number of piperazine rings is 1. The van der Waals surface area contributed by atoms with Gasteiger partial charge in [-0.1, -0.05) is 6.07 Å². The van der Waals surface area contributed by atoms with Crippen molar-refractivity contribution >= 4 is 34.9 Å². The van der Waals surface area contributed by atoms with Gasteiger partial charge in [0.1, 0.15) is 5.82 Å². The van der Waals surface area contributed by atoms with Crippen LogP contribution in [0.2, 0.25) is 0 Å². The number of esters is 1. The van der Waals surface area contributed by atoms with Crippen molar-refractivity contribution in [2.75, 3.05) is 37.7 Å². The highest BCUT2D eigenvalue weighted by atomic mass is 32.1. The fourth-order valence-electron chi connectivity index (χ4n) is 3.44. The van der Waals surface area contributed by atoms with Gasteiger partial charge in [-0.25, -0.2) is 4.98 Å². The maximum absolute atomic E-state index is 12.7. The standard InChI is InChI=1S/C22H28N4O4S/c1-2-30-20(28)9-3-8-19(27)25-11-13-26(14-12-25)21-18(7-4-10-23-21)22(29)24-16-17-6-5-15-31-17/h4-7,10,15H,2-3,8-9,11-14,16H2,1H3,(H,24,29). The fourth-order valence-corrected chi connectivity index (χ4v) is 4.09. The minimum Gasteiger partial charge on any atom is -0.466 e. The van der Waals surface area contributed by atoms with Gasteiger partial charge in [-0.3, -0.25) is 14.4 Å². The van der Waals surface area contributed by atoms with Crippen molar-refractivity contribution < 1.29 is 19.1 Å². The molecule has 0 atom stereocenters. The summed E-state index contributed by atoms with van der Waals surface area (Å²) in [6.45, 7) is 4.94. The zero-order valence-corrected chi connectivity index (χ0v) is 18.5. The SMILES string of the molecule is CCOC(=O)CCCC(=O)N1CCN(c2ncccc2C(=O)NCc2cccs2)CC1. The van der Waals surface area contributed by atoms with Crippen LogP contribution in [0.3, 0.4) is 0 Å². The van der Waals surface area contributed by atoms with E-state index in [0.29, 0.717) is 63.6 Å². The van der Waals surface area contributed by atoms with E-state index >= 15 is 0 Å². The zero-order chi connectivity index (χ0) is 22.1. The lowest BCUT2D eigenvalue weighted by molar-refractivity contribution is -0.143. The molecule has 9 heteroatoms. The van der Waals surface area contributed by atoms with Gasteiger partial charge in [0, 0.05) is 50.1 Å². The summed E-state index contributed by atoms with van der Waals surface area (Å²) in [6, 6.07) is 7.48. The number of nitrogens with zero attached hydrogens (tertiary/aromatic N) is 3. The summed E-state index contributed by atoms with van der Waals surface area (Å²) in [5, 5.41) is 4.93. The van der Waals surface area contributed by atoms with E-state index in [1.807, 2.05) is 22.4 Å². The first-order chi connectivity index (χ1) is 15.1. The number of ether oxygens (including phenoxy) is 1. The van der Waals surface area contributed by atoms with Crippen molar-refractivity contribution in [2.24, 2.45) is 0 Å². The molecule has 31 heavy (non-hydrogen) atoms. The molecule has 2 aromatic heterocycles. The maximum atomic E-state index is 12.7. The van der Waals surface area contributed by atoms with Crippen molar-refractivity contribution in [1.82, 2.24) is 15.2 Å². The predicted octanol–water partition coefficient (Wildman–Crippen LogP) is 2.46. The van der Waals surface area contributed by atoms with Crippen LogP contribution in [0, 0.1) is 0 Å². The molecule has 3 heterocycles. The summed E-state index contributed by atoms with van der Waals surface area (Å²) in [5.74, 6) is 0.258. The summed E-state index contributed by atoms with van der Waals surface area (Å²) >= 11 is 1.60. The molecular weight excluding hydrogens is 416 g/mol. The first-order valence-electron chi connectivity index (χ1n) is 10.5. The van der Waals surface area contributed by atoms with Gasteiger partial charge in [0.05, 0.1) is 18.7 Å². The van der Waals surface area contributed by atoms with Gasteiger partial charge in [0.2, 0.25) is 5.91 Å². The molecule has 1 aliphatic rings. The van der Waals surface area contributed by atoms with E-state index in [2.05, 4.69) is 10.3 Å². The quantitative estimate of drug-likeness (QED) is 0.598. The van der Waals surface area contributed by atoms with Crippen molar-refractivity contribution in [3.8, 4) is 0 Å². The number of carbonyl (C=O) groups excluding carboxylic acids is 3. The number of rotatable bonds is 9. The first-order valence-corrected chi connectivity index (χ1v) is 11.4. The number of thiophene rings is 1. The lowest BCUT2D eigenvalue weighted by Gasteiger charge is -2.36. The first kappa shape index (κ1) is 22.7. The molecule has 2 amide bonds. The van der Waals surface area contributed by atoms with Crippen LogP contribution < -0.4 is 10.2 Å².